The summed E-state index contributed by atoms with van der Waals surface area (Å²) in [5.74, 6) is 1.73. The van der Waals surface area contributed by atoms with Gasteiger partial charge in [-0.1, -0.05) is 63.3 Å². The van der Waals surface area contributed by atoms with Crippen LogP contribution < -0.4 is 0 Å². The third-order valence-electron chi connectivity index (χ3n) is 8.60. The number of piperidine rings is 2. The van der Waals surface area contributed by atoms with E-state index in [1.165, 1.54) is 32.4 Å². The lowest BCUT2D eigenvalue weighted by Crippen LogP contribution is -2.42. The van der Waals surface area contributed by atoms with E-state index in [2.05, 4.69) is 61.7 Å². The molecule has 5 nitrogen and oxygen atoms in total. The number of carbonyl (C=O) groups is 1. The predicted molar refractivity (Wildman–Crippen MR) is 174 cm³/mol. The van der Waals surface area contributed by atoms with Crippen LogP contribution in [0.1, 0.15) is 79.9 Å². The molecule has 2 fully saturated rings. The smallest absolute Gasteiger partial charge is 0.253 e. The number of hydrogen-bond acceptors (Lipinski definition) is 4. The summed E-state index contributed by atoms with van der Waals surface area (Å²) in [5, 5.41) is 9.14. The molecular formula is C37H46N4O. The number of amides is 1. The summed E-state index contributed by atoms with van der Waals surface area (Å²) in [6, 6.07) is 17.8. The Balaban J connectivity index is 0.00000129. The molecule has 0 aliphatic carbocycles. The molecule has 0 bridgehead atoms. The third-order valence-corrected chi connectivity index (χ3v) is 8.60. The van der Waals surface area contributed by atoms with Crippen molar-refractivity contribution >= 4 is 17.2 Å². The van der Waals surface area contributed by atoms with Gasteiger partial charge in [-0.15, -0.1) is 0 Å². The predicted octanol–water partition coefficient (Wildman–Crippen LogP) is 7.96. The Bertz CT molecular complexity index is 1340. The molecule has 0 radical (unpaired) electrons. The second kappa shape index (κ2) is 14.8. The average Bonchev–Trinajstić information content (AvgIpc) is 3.03. The lowest BCUT2D eigenvalue weighted by atomic mass is 9.79. The lowest BCUT2D eigenvalue weighted by Gasteiger charge is -2.39. The van der Waals surface area contributed by atoms with Crippen molar-refractivity contribution in [2.24, 2.45) is 11.8 Å². The first kappa shape index (κ1) is 31.1. The molecule has 5 heteroatoms. The minimum Gasteiger partial charge on any atom is -0.339 e. The highest BCUT2D eigenvalue weighted by Gasteiger charge is 2.30. The Hall–Kier alpha value is -3.88. The van der Waals surface area contributed by atoms with Crippen LogP contribution in [-0.2, 0) is 0 Å². The first-order chi connectivity index (χ1) is 20.4. The molecule has 220 valence electrons. The highest BCUT2D eigenvalue weighted by Crippen LogP contribution is 2.34. The zero-order valence-corrected chi connectivity index (χ0v) is 25.9. The van der Waals surface area contributed by atoms with Gasteiger partial charge < -0.3 is 14.7 Å². The summed E-state index contributed by atoms with van der Waals surface area (Å²) in [5.41, 5.74) is 6.38. The summed E-state index contributed by atoms with van der Waals surface area (Å²) in [7, 11) is 2.22. The fourth-order valence-electron chi connectivity index (χ4n) is 6.15. The molecule has 2 saturated heterocycles. The van der Waals surface area contributed by atoms with Crippen LogP contribution in [0.4, 0.5) is 0 Å². The lowest BCUT2D eigenvalue weighted by molar-refractivity contribution is 0.0615. The average molecular weight is 563 g/mol. The number of hydrogen-bond donors (Lipinski definition) is 0. The third kappa shape index (κ3) is 7.49. The molecule has 2 aromatic rings. The fourth-order valence-corrected chi connectivity index (χ4v) is 6.15. The minimum absolute atomic E-state index is 0.142. The molecular weight excluding hydrogens is 516 g/mol. The van der Waals surface area contributed by atoms with Gasteiger partial charge in [-0.3, -0.25) is 4.79 Å². The SMILES string of the molecule is C=C1C=CC(c2ccc(C(=O)N3CCC(C4CCN(C)CC4)CC3)cc2)=CN1/C(=C\C)c1ccc(C#N)cc1.CCC. The fraction of sp³-hybridized carbons (Fsp3) is 0.405. The van der Waals surface area contributed by atoms with Crippen LogP contribution in [0.2, 0.25) is 0 Å². The molecule has 0 unspecified atom stereocenters. The van der Waals surface area contributed by atoms with E-state index in [1.807, 2.05) is 66.4 Å². The van der Waals surface area contributed by atoms with Gasteiger partial charge in [0.2, 0.25) is 0 Å². The normalized spacial score (nSPS) is 18.7. The Kier molecular flexibility index (Phi) is 11.0. The topological polar surface area (TPSA) is 50.6 Å². The van der Waals surface area contributed by atoms with Gasteiger partial charge in [0.1, 0.15) is 0 Å². The number of rotatable bonds is 5. The Morgan fingerprint density at radius 1 is 0.905 bits per heavy atom. The van der Waals surface area contributed by atoms with Crippen LogP contribution >= 0.6 is 0 Å². The number of carbonyl (C=O) groups excluding carboxylic acids is 1. The largest absolute Gasteiger partial charge is 0.339 e. The zero-order valence-electron chi connectivity index (χ0n) is 25.9. The highest BCUT2D eigenvalue weighted by atomic mass is 16.2. The maximum absolute atomic E-state index is 13.3. The summed E-state index contributed by atoms with van der Waals surface area (Å²) >= 11 is 0. The van der Waals surface area contributed by atoms with Crippen molar-refractivity contribution in [1.29, 1.82) is 5.26 Å². The van der Waals surface area contributed by atoms with Crippen LogP contribution in [0.15, 0.2) is 85.2 Å². The van der Waals surface area contributed by atoms with Gasteiger partial charge in [0.15, 0.2) is 0 Å². The van der Waals surface area contributed by atoms with Crippen molar-refractivity contribution in [3.63, 3.8) is 0 Å². The van der Waals surface area contributed by atoms with Gasteiger partial charge in [-0.25, -0.2) is 0 Å². The number of allylic oxidation sites excluding steroid dienone is 4. The monoisotopic (exact) mass is 562 g/mol. The van der Waals surface area contributed by atoms with Crippen LogP contribution in [0.3, 0.4) is 0 Å². The van der Waals surface area contributed by atoms with Gasteiger partial charge >= 0.3 is 0 Å². The first-order valence-electron chi connectivity index (χ1n) is 15.5. The quantitative estimate of drug-likeness (QED) is 0.371. The highest BCUT2D eigenvalue weighted by molar-refractivity contribution is 5.95. The Labute approximate surface area is 253 Å². The van der Waals surface area contributed by atoms with E-state index in [4.69, 9.17) is 5.26 Å². The van der Waals surface area contributed by atoms with E-state index in [-0.39, 0.29) is 5.91 Å². The minimum atomic E-state index is 0.142. The molecule has 0 N–H and O–H groups in total. The zero-order chi connectivity index (χ0) is 30.1. The number of nitriles is 1. The molecule has 42 heavy (non-hydrogen) atoms. The van der Waals surface area contributed by atoms with Crippen molar-refractivity contribution in [3.05, 3.63) is 107 Å². The summed E-state index contributed by atoms with van der Waals surface area (Å²) in [4.78, 5) is 19.8. The Morgan fingerprint density at radius 3 is 2.00 bits per heavy atom. The summed E-state index contributed by atoms with van der Waals surface area (Å²) < 4.78 is 0. The molecule has 3 aliphatic heterocycles. The van der Waals surface area contributed by atoms with Crippen molar-refractivity contribution in [3.8, 4) is 6.07 Å². The molecule has 1 amide bonds. The number of nitrogens with zero attached hydrogens (tertiary/aromatic N) is 4. The molecule has 5 rings (SSSR count). The van der Waals surface area contributed by atoms with Crippen molar-refractivity contribution < 1.29 is 4.79 Å². The van der Waals surface area contributed by atoms with Gasteiger partial charge in [-0.2, -0.15) is 5.26 Å². The second-order valence-corrected chi connectivity index (χ2v) is 11.7. The molecule has 0 spiro atoms. The molecule has 0 saturated carbocycles. The molecule has 0 atom stereocenters. The van der Waals surface area contributed by atoms with Gasteiger partial charge in [0.05, 0.1) is 11.6 Å². The molecule has 3 aliphatic rings. The summed E-state index contributed by atoms with van der Waals surface area (Å²) in [6.45, 7) is 14.6. The van der Waals surface area contributed by atoms with Crippen LogP contribution in [0.25, 0.3) is 11.3 Å². The van der Waals surface area contributed by atoms with Gasteiger partial charge in [0.25, 0.3) is 5.91 Å². The Morgan fingerprint density at radius 2 is 1.45 bits per heavy atom. The van der Waals surface area contributed by atoms with Gasteiger partial charge in [0, 0.05) is 36.2 Å². The maximum Gasteiger partial charge on any atom is 0.253 e. The molecule has 2 aromatic carbocycles. The van der Waals surface area contributed by atoms with E-state index in [9.17, 15) is 4.79 Å². The van der Waals surface area contributed by atoms with E-state index in [1.54, 1.807) is 0 Å². The van der Waals surface area contributed by atoms with E-state index < -0.39 is 0 Å². The second-order valence-electron chi connectivity index (χ2n) is 11.7. The molecule has 0 aromatic heterocycles. The van der Waals surface area contributed by atoms with E-state index in [0.717, 1.165) is 71.4 Å². The van der Waals surface area contributed by atoms with Crippen molar-refractivity contribution in [2.75, 3.05) is 33.2 Å². The number of likely N-dealkylation sites (tertiary alicyclic amines) is 2. The summed E-state index contributed by atoms with van der Waals surface area (Å²) in [6.07, 6.45) is 14.3. The van der Waals surface area contributed by atoms with Crippen LogP contribution in [0.5, 0.6) is 0 Å². The van der Waals surface area contributed by atoms with Crippen LogP contribution in [-0.4, -0.2) is 53.8 Å². The van der Waals surface area contributed by atoms with Crippen molar-refractivity contribution in [1.82, 2.24) is 14.7 Å². The van der Waals surface area contributed by atoms with Crippen LogP contribution in [0, 0.1) is 23.2 Å². The standard InChI is InChI=1S/C34H38N4O.C3H8/c1-4-33(30-9-6-26(23-35)7-10-30)38-24-32(8-5-25(38)2)27-11-13-31(14-12-27)34(39)37-21-17-29(18-22-37)28-15-19-36(3)20-16-28;1-3-2/h4-14,24,28-29H,2,15-22H2,1,3H3;3H2,1-2H3/b33-4-;. The van der Waals surface area contributed by atoms with E-state index in [0.29, 0.717) is 5.56 Å². The number of benzene rings is 2. The van der Waals surface area contributed by atoms with Crippen molar-refractivity contribution in [2.45, 2.75) is 52.9 Å². The van der Waals surface area contributed by atoms with E-state index >= 15 is 0 Å². The van der Waals surface area contributed by atoms with Gasteiger partial charge in [-0.05, 0) is 112 Å². The molecule has 3 heterocycles. The maximum atomic E-state index is 13.3. The first-order valence-corrected chi connectivity index (χ1v) is 15.5.